The number of nitrogen functional groups attached to an aromatic ring is 1. The predicted molar refractivity (Wildman–Crippen MR) is 92.0 cm³/mol. The first-order valence-corrected chi connectivity index (χ1v) is 8.41. The quantitative estimate of drug-likeness (QED) is 0.589. The van der Waals surface area contributed by atoms with E-state index in [9.17, 15) is 9.90 Å². The maximum atomic E-state index is 12.0. The van der Waals surface area contributed by atoms with Crippen molar-refractivity contribution >= 4 is 43.5 Å². The van der Waals surface area contributed by atoms with E-state index in [1.54, 1.807) is 12.1 Å². The average molecular weight is 423 g/mol. The SMILES string of the molecule is CCN(CC)CCNC(=O)C(O)c1cc(Br)c(N)c(Br)c1. The van der Waals surface area contributed by atoms with Crippen LogP contribution in [0.3, 0.4) is 0 Å². The predicted octanol–water partition coefficient (Wildman–Crippen LogP) is 2.29. The Kier molecular flexibility index (Phi) is 7.65. The van der Waals surface area contributed by atoms with Crippen LogP contribution in [0.2, 0.25) is 0 Å². The second kappa shape index (κ2) is 8.73. The third-order valence-corrected chi connectivity index (χ3v) is 4.60. The largest absolute Gasteiger partial charge is 0.397 e. The van der Waals surface area contributed by atoms with Crippen LogP contribution in [0.15, 0.2) is 21.1 Å². The summed E-state index contributed by atoms with van der Waals surface area (Å²) in [6.07, 6.45) is -1.21. The van der Waals surface area contributed by atoms with E-state index < -0.39 is 12.0 Å². The van der Waals surface area contributed by atoms with Gasteiger partial charge in [0.25, 0.3) is 5.91 Å². The zero-order valence-corrected chi connectivity index (χ0v) is 15.4. The monoisotopic (exact) mass is 421 g/mol. The molecule has 0 aromatic heterocycles. The summed E-state index contributed by atoms with van der Waals surface area (Å²) in [7, 11) is 0. The first kappa shape index (κ1) is 18.4. The molecule has 1 atom stereocenters. The van der Waals surface area contributed by atoms with Crippen molar-refractivity contribution in [3.05, 3.63) is 26.6 Å². The highest BCUT2D eigenvalue weighted by Crippen LogP contribution is 2.31. The molecule has 7 heteroatoms. The highest BCUT2D eigenvalue weighted by molar-refractivity contribution is 9.11. The summed E-state index contributed by atoms with van der Waals surface area (Å²) < 4.78 is 1.28. The Morgan fingerprint density at radius 2 is 1.86 bits per heavy atom. The number of amides is 1. The normalized spacial score (nSPS) is 12.5. The van der Waals surface area contributed by atoms with E-state index in [4.69, 9.17) is 5.73 Å². The van der Waals surface area contributed by atoms with Crippen molar-refractivity contribution < 1.29 is 9.90 Å². The minimum atomic E-state index is -1.21. The maximum absolute atomic E-state index is 12.0. The number of carbonyl (C=O) groups excluding carboxylic acids is 1. The molecule has 1 amide bonds. The van der Waals surface area contributed by atoms with Crippen molar-refractivity contribution in [3.8, 4) is 0 Å². The summed E-state index contributed by atoms with van der Waals surface area (Å²) in [5, 5.41) is 12.8. The van der Waals surface area contributed by atoms with Crippen LogP contribution in [0.5, 0.6) is 0 Å². The maximum Gasteiger partial charge on any atom is 0.253 e. The van der Waals surface area contributed by atoms with Gasteiger partial charge in [0.1, 0.15) is 0 Å². The molecule has 1 aromatic carbocycles. The zero-order valence-electron chi connectivity index (χ0n) is 12.2. The van der Waals surface area contributed by atoms with Gasteiger partial charge in [0.05, 0.1) is 5.69 Å². The van der Waals surface area contributed by atoms with E-state index in [1.165, 1.54) is 0 Å². The summed E-state index contributed by atoms with van der Waals surface area (Å²) in [5.74, 6) is -0.411. The summed E-state index contributed by atoms with van der Waals surface area (Å²) in [6.45, 7) is 7.29. The molecule has 0 aliphatic rings. The van der Waals surface area contributed by atoms with Gasteiger partial charge in [-0.1, -0.05) is 13.8 Å². The van der Waals surface area contributed by atoms with Crippen LogP contribution in [0.4, 0.5) is 5.69 Å². The van der Waals surface area contributed by atoms with Gasteiger partial charge in [0.15, 0.2) is 6.10 Å². The highest BCUT2D eigenvalue weighted by atomic mass is 79.9. The van der Waals surface area contributed by atoms with Gasteiger partial charge in [-0.05, 0) is 62.6 Å². The van der Waals surface area contributed by atoms with Crippen LogP contribution in [-0.4, -0.2) is 42.1 Å². The molecule has 0 saturated heterocycles. The molecular weight excluding hydrogens is 402 g/mol. The number of likely N-dealkylation sites (N-methyl/N-ethyl adjacent to an activating group) is 1. The van der Waals surface area contributed by atoms with Gasteiger partial charge < -0.3 is 21.1 Å². The molecule has 0 aliphatic heterocycles. The number of rotatable bonds is 7. The van der Waals surface area contributed by atoms with Gasteiger partial charge in [0.2, 0.25) is 0 Å². The van der Waals surface area contributed by atoms with E-state index in [-0.39, 0.29) is 0 Å². The first-order valence-electron chi connectivity index (χ1n) is 6.83. The van der Waals surface area contributed by atoms with Crippen LogP contribution >= 0.6 is 31.9 Å². The molecule has 118 valence electrons. The second-order valence-electron chi connectivity index (χ2n) is 4.62. The number of aliphatic hydroxyl groups is 1. The number of halogens is 2. The number of nitrogens with zero attached hydrogens (tertiary/aromatic N) is 1. The van der Waals surface area contributed by atoms with E-state index in [1.807, 2.05) is 0 Å². The summed E-state index contributed by atoms with van der Waals surface area (Å²) in [6, 6.07) is 3.30. The van der Waals surface area contributed by atoms with Crippen molar-refractivity contribution in [1.82, 2.24) is 10.2 Å². The second-order valence-corrected chi connectivity index (χ2v) is 6.33. The van der Waals surface area contributed by atoms with Crippen molar-refractivity contribution in [2.75, 3.05) is 31.9 Å². The van der Waals surface area contributed by atoms with Crippen molar-refractivity contribution in [2.45, 2.75) is 20.0 Å². The Morgan fingerprint density at radius 3 is 2.33 bits per heavy atom. The molecule has 1 unspecified atom stereocenters. The number of carbonyl (C=O) groups is 1. The molecule has 0 bridgehead atoms. The van der Waals surface area contributed by atoms with Gasteiger partial charge in [-0.3, -0.25) is 4.79 Å². The molecule has 0 saturated carbocycles. The van der Waals surface area contributed by atoms with Crippen LogP contribution in [0.25, 0.3) is 0 Å². The van der Waals surface area contributed by atoms with E-state index in [0.717, 1.165) is 19.6 Å². The number of benzene rings is 1. The molecule has 0 radical (unpaired) electrons. The van der Waals surface area contributed by atoms with Crippen LogP contribution in [0, 0.1) is 0 Å². The minimum Gasteiger partial charge on any atom is -0.397 e. The molecule has 0 aliphatic carbocycles. The minimum absolute atomic E-state index is 0.411. The van der Waals surface area contributed by atoms with Crippen LogP contribution < -0.4 is 11.1 Å². The molecular formula is C14H21Br2N3O2. The Balaban J connectivity index is 2.62. The molecule has 1 rings (SSSR count). The van der Waals surface area contributed by atoms with Gasteiger partial charge in [-0.25, -0.2) is 0 Å². The Bertz CT molecular complexity index is 470. The molecule has 21 heavy (non-hydrogen) atoms. The highest BCUT2D eigenvalue weighted by Gasteiger charge is 2.19. The summed E-state index contributed by atoms with van der Waals surface area (Å²) in [4.78, 5) is 14.2. The van der Waals surface area contributed by atoms with Gasteiger partial charge in [0, 0.05) is 22.0 Å². The standard InChI is InChI=1S/C14H21Br2N3O2/c1-3-19(4-2)6-5-18-14(21)13(20)9-7-10(15)12(17)11(16)8-9/h7-8,13,20H,3-6,17H2,1-2H3,(H,18,21). The molecule has 0 fully saturated rings. The number of anilines is 1. The van der Waals surface area contributed by atoms with E-state index >= 15 is 0 Å². The number of hydrogen-bond donors (Lipinski definition) is 3. The lowest BCUT2D eigenvalue weighted by Crippen LogP contribution is -2.37. The van der Waals surface area contributed by atoms with Gasteiger partial charge >= 0.3 is 0 Å². The third-order valence-electron chi connectivity index (χ3n) is 3.29. The smallest absolute Gasteiger partial charge is 0.253 e. The number of nitrogens with two attached hydrogens (primary N) is 1. The number of aliphatic hydroxyl groups excluding tert-OH is 1. The molecule has 0 spiro atoms. The van der Waals surface area contributed by atoms with E-state index in [0.29, 0.717) is 26.7 Å². The van der Waals surface area contributed by atoms with Crippen molar-refractivity contribution in [3.63, 3.8) is 0 Å². The Labute approximate surface area is 142 Å². The van der Waals surface area contributed by atoms with Crippen molar-refractivity contribution in [1.29, 1.82) is 0 Å². The van der Waals surface area contributed by atoms with Crippen LogP contribution in [0.1, 0.15) is 25.5 Å². The van der Waals surface area contributed by atoms with Crippen molar-refractivity contribution in [2.24, 2.45) is 0 Å². The number of nitrogens with one attached hydrogen (secondary N) is 1. The lowest BCUT2D eigenvalue weighted by Gasteiger charge is -2.19. The fourth-order valence-electron chi connectivity index (χ4n) is 1.89. The molecule has 1 aromatic rings. The van der Waals surface area contributed by atoms with Gasteiger partial charge in [-0.15, -0.1) is 0 Å². The fraction of sp³-hybridized carbons (Fsp3) is 0.500. The first-order chi connectivity index (χ1) is 9.90. The molecule has 5 nitrogen and oxygen atoms in total. The Hall–Kier alpha value is -0.630. The lowest BCUT2D eigenvalue weighted by atomic mass is 10.1. The number of hydrogen-bond acceptors (Lipinski definition) is 4. The fourth-order valence-corrected chi connectivity index (χ4v) is 3.11. The Morgan fingerprint density at radius 1 is 1.33 bits per heavy atom. The van der Waals surface area contributed by atoms with Gasteiger partial charge in [-0.2, -0.15) is 0 Å². The summed E-state index contributed by atoms with van der Waals surface area (Å²) >= 11 is 6.60. The van der Waals surface area contributed by atoms with E-state index in [2.05, 4.69) is 55.9 Å². The molecule has 4 N–H and O–H groups in total. The lowest BCUT2D eigenvalue weighted by molar-refractivity contribution is -0.129. The average Bonchev–Trinajstić information content (AvgIpc) is 2.47. The van der Waals surface area contributed by atoms with Crippen LogP contribution in [-0.2, 0) is 4.79 Å². The zero-order chi connectivity index (χ0) is 16.0. The topological polar surface area (TPSA) is 78.6 Å². The molecule has 0 heterocycles. The third kappa shape index (κ3) is 5.25. The summed E-state index contributed by atoms with van der Waals surface area (Å²) in [5.41, 5.74) is 6.81.